The molecule has 2 heterocycles. The fourth-order valence-electron chi connectivity index (χ4n) is 3.12. The van der Waals surface area contributed by atoms with Crippen LogP contribution in [0.25, 0.3) is 17.2 Å². The van der Waals surface area contributed by atoms with Crippen molar-refractivity contribution in [2.24, 2.45) is 0 Å². The number of halogens is 2. The summed E-state index contributed by atoms with van der Waals surface area (Å²) in [4.78, 5) is 1.87. The molecule has 25 heavy (non-hydrogen) atoms. The molecule has 4 nitrogen and oxygen atoms in total. The number of hydrogen-bond donors (Lipinski definition) is 0. The molecular weight excluding hydrogens is 326 g/mol. The Hall–Kier alpha value is -2.89. The number of fused-ring (bicyclic) bond motifs is 2. The molecule has 0 radical (unpaired) electrons. The smallest absolute Gasteiger partial charge is 0.379 e. The van der Waals surface area contributed by atoms with Crippen LogP contribution in [0.1, 0.15) is 19.7 Å². The predicted molar refractivity (Wildman–Crippen MR) is 90.1 cm³/mol. The summed E-state index contributed by atoms with van der Waals surface area (Å²) < 4.78 is 40.7. The molecule has 2 aromatic carbocycles. The van der Waals surface area contributed by atoms with Gasteiger partial charge >= 0.3 is 5.89 Å². The van der Waals surface area contributed by atoms with Gasteiger partial charge in [0.05, 0.1) is 5.69 Å². The molecule has 4 rings (SSSR count). The molecule has 6 heteroatoms. The standard InChI is InChI=1S/C19H17F2N2O2/c1-3-22-14-9-12(20)5-7-16(14)24-18(22)11-19-23(4-2)15-10-13(21)6-8-17(15)25-19/h5-11H,3-4H2,1-2H3/q+1. The number of oxazole rings is 1. The highest BCUT2D eigenvalue weighted by Gasteiger charge is 2.29. The Morgan fingerprint density at radius 3 is 2.60 bits per heavy atom. The molecule has 1 aliphatic heterocycles. The van der Waals surface area contributed by atoms with Crippen LogP contribution >= 0.6 is 0 Å². The third kappa shape index (κ3) is 2.54. The van der Waals surface area contributed by atoms with Gasteiger partial charge in [0.25, 0.3) is 5.52 Å². The van der Waals surface area contributed by atoms with Crippen LogP contribution in [0.4, 0.5) is 14.5 Å². The van der Waals surface area contributed by atoms with E-state index in [0.29, 0.717) is 47.4 Å². The average molecular weight is 343 g/mol. The summed E-state index contributed by atoms with van der Waals surface area (Å²) in [6.45, 7) is 5.14. The van der Waals surface area contributed by atoms with Crippen molar-refractivity contribution in [3.63, 3.8) is 0 Å². The molecule has 1 aromatic heterocycles. The molecule has 0 saturated heterocycles. The molecule has 0 saturated carbocycles. The third-order valence-electron chi connectivity index (χ3n) is 4.26. The van der Waals surface area contributed by atoms with E-state index in [1.54, 1.807) is 18.2 Å². The quantitative estimate of drug-likeness (QED) is 0.667. The van der Waals surface area contributed by atoms with Gasteiger partial charge < -0.3 is 14.1 Å². The van der Waals surface area contributed by atoms with Crippen LogP contribution < -0.4 is 14.2 Å². The van der Waals surface area contributed by atoms with Gasteiger partial charge in [-0.05, 0) is 38.1 Å². The molecule has 1 aliphatic rings. The molecule has 0 fully saturated rings. The van der Waals surface area contributed by atoms with Crippen molar-refractivity contribution < 1.29 is 22.5 Å². The first kappa shape index (κ1) is 15.6. The summed E-state index contributed by atoms with van der Waals surface area (Å²) in [6.07, 6.45) is 1.75. The van der Waals surface area contributed by atoms with Gasteiger partial charge in [0.1, 0.15) is 24.3 Å². The summed E-state index contributed by atoms with van der Waals surface area (Å²) in [5, 5.41) is 0. The van der Waals surface area contributed by atoms with E-state index in [4.69, 9.17) is 9.15 Å². The summed E-state index contributed by atoms with van der Waals surface area (Å²) >= 11 is 0. The summed E-state index contributed by atoms with van der Waals surface area (Å²) in [6, 6.07) is 8.84. The van der Waals surface area contributed by atoms with Crippen LogP contribution in [0.2, 0.25) is 0 Å². The van der Waals surface area contributed by atoms with Crippen LogP contribution in [0.15, 0.2) is 46.7 Å². The highest BCUT2D eigenvalue weighted by Crippen LogP contribution is 2.39. The molecule has 0 unspecified atom stereocenters. The third-order valence-corrected chi connectivity index (χ3v) is 4.26. The molecule has 0 atom stereocenters. The van der Waals surface area contributed by atoms with Crippen molar-refractivity contribution in [2.45, 2.75) is 20.4 Å². The molecule has 3 aromatic rings. The zero-order valence-electron chi connectivity index (χ0n) is 13.9. The Morgan fingerprint density at radius 2 is 1.84 bits per heavy atom. The average Bonchev–Trinajstić information content (AvgIpc) is 3.11. The molecule has 0 spiro atoms. The minimum Gasteiger partial charge on any atom is -0.438 e. The Balaban J connectivity index is 1.82. The number of aromatic nitrogens is 1. The maximum atomic E-state index is 13.6. The van der Waals surface area contributed by atoms with Crippen LogP contribution in [-0.4, -0.2) is 6.54 Å². The molecule has 0 aliphatic carbocycles. The van der Waals surface area contributed by atoms with Crippen molar-refractivity contribution in [1.82, 2.24) is 0 Å². The van der Waals surface area contributed by atoms with Crippen molar-refractivity contribution in [3.05, 3.63) is 59.8 Å². The van der Waals surface area contributed by atoms with Crippen LogP contribution in [-0.2, 0) is 6.54 Å². The van der Waals surface area contributed by atoms with Gasteiger partial charge in [0.2, 0.25) is 11.5 Å². The van der Waals surface area contributed by atoms with Gasteiger partial charge in [-0.3, -0.25) is 0 Å². The number of nitrogens with zero attached hydrogens (tertiary/aromatic N) is 2. The highest BCUT2D eigenvalue weighted by molar-refractivity contribution is 5.72. The predicted octanol–water partition coefficient (Wildman–Crippen LogP) is 4.24. The zero-order valence-corrected chi connectivity index (χ0v) is 13.9. The van der Waals surface area contributed by atoms with Gasteiger partial charge in [0.15, 0.2) is 5.75 Å². The van der Waals surface area contributed by atoms with E-state index >= 15 is 0 Å². The minimum atomic E-state index is -0.315. The maximum absolute atomic E-state index is 13.6. The van der Waals surface area contributed by atoms with Gasteiger partial charge in [0, 0.05) is 18.7 Å². The number of rotatable bonds is 3. The van der Waals surface area contributed by atoms with E-state index in [1.807, 2.05) is 23.3 Å². The Morgan fingerprint density at radius 1 is 1.08 bits per heavy atom. The minimum absolute atomic E-state index is 0.315. The lowest BCUT2D eigenvalue weighted by Crippen LogP contribution is -2.34. The van der Waals surface area contributed by atoms with E-state index in [2.05, 4.69) is 0 Å². The van der Waals surface area contributed by atoms with Gasteiger partial charge in [-0.1, -0.05) is 0 Å². The molecular formula is C19H17F2N2O2+. The van der Waals surface area contributed by atoms with Gasteiger partial charge in [-0.2, -0.15) is 4.57 Å². The fraction of sp³-hybridized carbons (Fsp3) is 0.211. The molecule has 128 valence electrons. The van der Waals surface area contributed by atoms with Crippen molar-refractivity contribution >= 4 is 22.9 Å². The molecule has 0 N–H and O–H groups in total. The SMILES string of the molecule is CCN1/C(=C/c2oc3ccc(F)cc3[n+]2CC)Oc2ccc(F)cc21. The Kier molecular flexibility index (Phi) is 3.67. The highest BCUT2D eigenvalue weighted by atomic mass is 19.1. The van der Waals surface area contributed by atoms with Crippen molar-refractivity contribution in [2.75, 3.05) is 11.4 Å². The van der Waals surface area contributed by atoms with Crippen molar-refractivity contribution in [3.8, 4) is 5.75 Å². The summed E-state index contributed by atoms with van der Waals surface area (Å²) in [5.74, 6) is 1.06. The molecule has 0 bridgehead atoms. The van der Waals surface area contributed by atoms with E-state index in [0.717, 1.165) is 0 Å². The number of aryl methyl sites for hydroxylation is 1. The first-order valence-corrected chi connectivity index (χ1v) is 8.19. The first-order valence-electron chi connectivity index (χ1n) is 8.19. The van der Waals surface area contributed by atoms with E-state index in [9.17, 15) is 8.78 Å². The maximum Gasteiger partial charge on any atom is 0.379 e. The van der Waals surface area contributed by atoms with Crippen LogP contribution in [0, 0.1) is 11.6 Å². The van der Waals surface area contributed by atoms with Crippen molar-refractivity contribution in [1.29, 1.82) is 0 Å². The largest absolute Gasteiger partial charge is 0.438 e. The second-order valence-corrected chi connectivity index (χ2v) is 5.74. The first-order chi connectivity index (χ1) is 12.1. The van der Waals surface area contributed by atoms with Gasteiger partial charge in [-0.25, -0.2) is 8.78 Å². The van der Waals surface area contributed by atoms with Gasteiger partial charge in [-0.15, -0.1) is 0 Å². The fourth-order valence-corrected chi connectivity index (χ4v) is 3.12. The second kappa shape index (κ2) is 5.88. The number of anilines is 1. The lowest BCUT2D eigenvalue weighted by molar-refractivity contribution is -0.674. The summed E-state index contributed by atoms with van der Waals surface area (Å²) in [5.41, 5.74) is 1.96. The van der Waals surface area contributed by atoms with Crippen LogP contribution in [0.3, 0.4) is 0 Å². The lowest BCUT2D eigenvalue weighted by Gasteiger charge is -2.14. The topological polar surface area (TPSA) is 29.5 Å². The number of benzene rings is 2. The van der Waals surface area contributed by atoms with E-state index in [1.165, 1.54) is 24.3 Å². The lowest BCUT2D eigenvalue weighted by atomic mass is 10.2. The Bertz CT molecular complexity index is 994. The zero-order chi connectivity index (χ0) is 17.6. The normalized spacial score (nSPS) is 15.0. The number of hydrogen-bond acceptors (Lipinski definition) is 3. The number of ether oxygens (including phenoxy) is 1. The Labute approximate surface area is 143 Å². The summed E-state index contributed by atoms with van der Waals surface area (Å²) in [7, 11) is 0. The second-order valence-electron chi connectivity index (χ2n) is 5.74. The monoisotopic (exact) mass is 343 g/mol. The van der Waals surface area contributed by atoms with E-state index in [-0.39, 0.29) is 11.6 Å². The van der Waals surface area contributed by atoms with E-state index < -0.39 is 0 Å². The van der Waals surface area contributed by atoms with Crippen LogP contribution in [0.5, 0.6) is 5.75 Å². The molecule has 0 amide bonds.